The molecule has 1 amide bonds. The van der Waals surface area contributed by atoms with E-state index in [4.69, 9.17) is 5.26 Å². The molecule has 17 heavy (non-hydrogen) atoms. The van der Waals surface area contributed by atoms with E-state index in [-0.39, 0.29) is 11.8 Å². The van der Waals surface area contributed by atoms with Crippen LogP contribution in [0, 0.1) is 17.2 Å². The lowest BCUT2D eigenvalue weighted by Crippen LogP contribution is -2.44. The number of likely N-dealkylation sites (tertiary alicyclic amines) is 1. The number of carbonyl (C=O) groups excluding carboxylic acids is 1. The fourth-order valence-corrected chi connectivity index (χ4v) is 2.46. The summed E-state index contributed by atoms with van der Waals surface area (Å²) in [4.78, 5) is 16.4. The normalized spacial score (nSPS) is 20.9. The Morgan fingerprint density at radius 1 is 1.47 bits per heavy atom. The number of piperidine rings is 1. The number of amides is 1. The molecule has 1 saturated heterocycles. The number of nitrogens with zero attached hydrogens (tertiary/aromatic N) is 3. The quantitative estimate of drug-likeness (QED) is 0.727. The van der Waals surface area contributed by atoms with Crippen molar-refractivity contribution in [2.24, 2.45) is 5.92 Å². The van der Waals surface area contributed by atoms with Gasteiger partial charge in [0.05, 0.1) is 12.0 Å². The second-order valence-corrected chi connectivity index (χ2v) is 4.56. The average molecular weight is 237 g/mol. The zero-order valence-corrected chi connectivity index (χ0v) is 11.0. The Morgan fingerprint density at radius 2 is 2.18 bits per heavy atom. The number of carbonyl (C=O) groups is 1. The van der Waals surface area contributed by atoms with Gasteiger partial charge in [-0.3, -0.25) is 4.79 Å². The molecule has 4 heteroatoms. The summed E-state index contributed by atoms with van der Waals surface area (Å²) in [5, 5.41) is 8.58. The highest BCUT2D eigenvalue weighted by Gasteiger charge is 2.27. The molecule has 0 spiro atoms. The molecule has 0 aromatic heterocycles. The molecule has 1 aliphatic heterocycles. The zero-order chi connectivity index (χ0) is 12.7. The van der Waals surface area contributed by atoms with Crippen molar-refractivity contribution < 1.29 is 4.79 Å². The van der Waals surface area contributed by atoms with Gasteiger partial charge in [-0.25, -0.2) is 0 Å². The SMILES string of the molecule is CCN(CC)C(=O)C1CCCN(CCC#N)C1. The van der Waals surface area contributed by atoms with Gasteiger partial charge in [0, 0.05) is 32.6 Å². The Morgan fingerprint density at radius 3 is 2.76 bits per heavy atom. The summed E-state index contributed by atoms with van der Waals surface area (Å²) in [6.07, 6.45) is 2.63. The standard InChI is InChI=1S/C13H23N3O/c1-3-16(4-2)13(17)12-7-5-9-15(11-12)10-6-8-14/h12H,3-7,9-11H2,1-2H3. The minimum Gasteiger partial charge on any atom is -0.343 e. The summed E-state index contributed by atoms with van der Waals surface area (Å²) in [7, 11) is 0. The molecular formula is C13H23N3O. The van der Waals surface area contributed by atoms with Gasteiger partial charge < -0.3 is 9.80 Å². The van der Waals surface area contributed by atoms with Crippen LogP contribution >= 0.6 is 0 Å². The van der Waals surface area contributed by atoms with Crippen LogP contribution in [0.2, 0.25) is 0 Å². The molecular weight excluding hydrogens is 214 g/mol. The average Bonchev–Trinajstić information content (AvgIpc) is 2.38. The lowest BCUT2D eigenvalue weighted by Gasteiger charge is -2.34. The van der Waals surface area contributed by atoms with Crippen molar-refractivity contribution in [1.29, 1.82) is 5.26 Å². The molecule has 4 nitrogen and oxygen atoms in total. The molecule has 96 valence electrons. The van der Waals surface area contributed by atoms with Gasteiger partial charge in [-0.15, -0.1) is 0 Å². The predicted octanol–water partition coefficient (Wildman–Crippen LogP) is 1.48. The van der Waals surface area contributed by atoms with E-state index < -0.39 is 0 Å². The summed E-state index contributed by atoms with van der Waals surface area (Å²) in [6, 6.07) is 2.17. The summed E-state index contributed by atoms with van der Waals surface area (Å²) in [6.45, 7) is 8.31. The van der Waals surface area contributed by atoms with Gasteiger partial charge in [0.1, 0.15) is 0 Å². The third-order valence-corrected chi connectivity index (χ3v) is 3.47. The van der Waals surface area contributed by atoms with Gasteiger partial charge in [0.15, 0.2) is 0 Å². The summed E-state index contributed by atoms with van der Waals surface area (Å²) in [5.41, 5.74) is 0. The van der Waals surface area contributed by atoms with Gasteiger partial charge in [-0.1, -0.05) is 0 Å². The van der Waals surface area contributed by atoms with Crippen molar-refractivity contribution in [3.8, 4) is 6.07 Å². The van der Waals surface area contributed by atoms with Crippen molar-refractivity contribution in [3.63, 3.8) is 0 Å². The minimum absolute atomic E-state index is 0.141. The van der Waals surface area contributed by atoms with Gasteiger partial charge in [0.25, 0.3) is 0 Å². The predicted molar refractivity (Wildman–Crippen MR) is 67.3 cm³/mol. The molecule has 1 atom stereocenters. The second-order valence-electron chi connectivity index (χ2n) is 4.56. The Bertz CT molecular complexity index is 281. The zero-order valence-electron chi connectivity index (χ0n) is 11.0. The van der Waals surface area contributed by atoms with E-state index in [0.717, 1.165) is 45.6 Å². The summed E-state index contributed by atoms with van der Waals surface area (Å²) in [5.74, 6) is 0.430. The molecule has 1 aliphatic rings. The first-order valence-electron chi connectivity index (χ1n) is 6.61. The van der Waals surface area contributed by atoms with E-state index in [1.807, 2.05) is 18.7 Å². The van der Waals surface area contributed by atoms with Gasteiger partial charge >= 0.3 is 0 Å². The van der Waals surface area contributed by atoms with Gasteiger partial charge in [-0.2, -0.15) is 5.26 Å². The van der Waals surface area contributed by atoms with E-state index in [1.165, 1.54) is 0 Å². The Hall–Kier alpha value is -1.08. The Kier molecular flexibility index (Phi) is 5.99. The molecule has 1 unspecified atom stereocenters. The smallest absolute Gasteiger partial charge is 0.226 e. The second kappa shape index (κ2) is 7.29. The van der Waals surface area contributed by atoms with Crippen LogP contribution < -0.4 is 0 Å². The molecule has 0 radical (unpaired) electrons. The maximum absolute atomic E-state index is 12.2. The lowest BCUT2D eigenvalue weighted by molar-refractivity contribution is -0.136. The highest BCUT2D eigenvalue weighted by atomic mass is 16.2. The topological polar surface area (TPSA) is 47.3 Å². The van der Waals surface area contributed by atoms with Crippen molar-refractivity contribution in [2.75, 3.05) is 32.7 Å². The number of hydrogen-bond acceptors (Lipinski definition) is 3. The fourth-order valence-electron chi connectivity index (χ4n) is 2.46. The third kappa shape index (κ3) is 4.01. The summed E-state index contributed by atoms with van der Waals surface area (Å²) >= 11 is 0. The van der Waals surface area contributed by atoms with E-state index in [2.05, 4.69) is 11.0 Å². The van der Waals surface area contributed by atoms with Crippen LogP contribution in [0.15, 0.2) is 0 Å². The fraction of sp³-hybridized carbons (Fsp3) is 0.846. The van der Waals surface area contributed by atoms with Crippen LogP contribution in [0.4, 0.5) is 0 Å². The van der Waals surface area contributed by atoms with Crippen LogP contribution in [-0.4, -0.2) is 48.4 Å². The first-order valence-corrected chi connectivity index (χ1v) is 6.61. The Labute approximate surface area is 104 Å². The van der Waals surface area contributed by atoms with Crippen molar-refractivity contribution in [1.82, 2.24) is 9.80 Å². The first kappa shape index (κ1) is 14.0. The van der Waals surface area contributed by atoms with Gasteiger partial charge in [-0.05, 0) is 33.2 Å². The molecule has 0 aliphatic carbocycles. The lowest BCUT2D eigenvalue weighted by atomic mass is 9.96. The molecule has 1 rings (SSSR count). The third-order valence-electron chi connectivity index (χ3n) is 3.47. The van der Waals surface area contributed by atoms with E-state index in [1.54, 1.807) is 0 Å². The molecule has 1 fully saturated rings. The first-order chi connectivity index (χ1) is 8.22. The van der Waals surface area contributed by atoms with Crippen LogP contribution in [0.5, 0.6) is 0 Å². The molecule has 0 aromatic rings. The number of nitriles is 1. The van der Waals surface area contributed by atoms with Crippen LogP contribution in [-0.2, 0) is 4.79 Å². The number of rotatable bonds is 5. The summed E-state index contributed by atoms with van der Waals surface area (Å²) < 4.78 is 0. The Balaban J connectivity index is 2.48. The van der Waals surface area contributed by atoms with Crippen LogP contribution in [0.1, 0.15) is 33.1 Å². The highest BCUT2D eigenvalue weighted by molar-refractivity contribution is 5.79. The monoisotopic (exact) mass is 237 g/mol. The largest absolute Gasteiger partial charge is 0.343 e. The van der Waals surface area contributed by atoms with Crippen molar-refractivity contribution in [2.45, 2.75) is 33.1 Å². The van der Waals surface area contributed by atoms with Crippen molar-refractivity contribution in [3.05, 3.63) is 0 Å². The van der Waals surface area contributed by atoms with E-state index in [9.17, 15) is 4.79 Å². The highest BCUT2D eigenvalue weighted by Crippen LogP contribution is 2.18. The molecule has 1 heterocycles. The van der Waals surface area contributed by atoms with Crippen LogP contribution in [0.25, 0.3) is 0 Å². The minimum atomic E-state index is 0.141. The van der Waals surface area contributed by atoms with Crippen molar-refractivity contribution >= 4 is 5.91 Å². The van der Waals surface area contributed by atoms with E-state index >= 15 is 0 Å². The maximum atomic E-state index is 12.2. The number of hydrogen-bond donors (Lipinski definition) is 0. The van der Waals surface area contributed by atoms with Gasteiger partial charge in [0.2, 0.25) is 5.91 Å². The maximum Gasteiger partial charge on any atom is 0.226 e. The molecule has 0 saturated carbocycles. The molecule has 0 N–H and O–H groups in total. The van der Waals surface area contributed by atoms with E-state index in [0.29, 0.717) is 6.42 Å². The molecule has 0 bridgehead atoms. The molecule has 0 aromatic carbocycles. The van der Waals surface area contributed by atoms with Crippen LogP contribution in [0.3, 0.4) is 0 Å².